The Balaban J connectivity index is 1.67. The minimum Gasteiger partial charge on any atom is -0.482 e. The van der Waals surface area contributed by atoms with Crippen LogP contribution >= 0.6 is 23.2 Å². The van der Waals surface area contributed by atoms with Crippen LogP contribution in [-0.2, 0) is 12.0 Å². The highest BCUT2D eigenvalue weighted by Crippen LogP contribution is 2.60. The van der Waals surface area contributed by atoms with Gasteiger partial charge in [-0.1, -0.05) is 78.9 Å². The molecular weight excluding hydrogens is 573 g/mol. The summed E-state index contributed by atoms with van der Waals surface area (Å²) in [6, 6.07) is 34.3. The smallest absolute Gasteiger partial charge is 0.311 e. The number of fused-ring (bicyclic) bond motifs is 3. The van der Waals surface area contributed by atoms with Gasteiger partial charge in [0.1, 0.15) is 6.61 Å². The molecule has 1 aliphatic carbocycles. The highest BCUT2D eigenvalue weighted by Gasteiger charge is 2.48. The van der Waals surface area contributed by atoms with Gasteiger partial charge >= 0.3 is 5.69 Å². The molecule has 0 fully saturated rings. The first-order chi connectivity index (χ1) is 20.3. The van der Waals surface area contributed by atoms with Crippen LogP contribution in [0.3, 0.4) is 0 Å². The van der Waals surface area contributed by atoms with Crippen LogP contribution in [0.1, 0.15) is 48.5 Å². The van der Waals surface area contributed by atoms with Gasteiger partial charge in [-0.25, -0.2) is 0 Å². The summed E-state index contributed by atoms with van der Waals surface area (Å²) in [5, 5.41) is 11.1. The molecular formula is C34H21Cl2NO5. The van der Waals surface area contributed by atoms with Crippen molar-refractivity contribution >= 4 is 39.4 Å². The number of carbonyl (C=O) groups excluding carboxylic acids is 2. The number of nitro groups is 1. The van der Waals surface area contributed by atoms with Crippen LogP contribution in [0.2, 0.25) is 0 Å². The predicted octanol–water partition coefficient (Wildman–Crippen LogP) is 8.29. The monoisotopic (exact) mass is 593 g/mol. The molecule has 0 spiro atoms. The highest BCUT2D eigenvalue weighted by molar-refractivity contribution is 6.68. The molecule has 0 heterocycles. The molecule has 0 bridgehead atoms. The molecule has 0 radical (unpaired) electrons. The molecule has 6 nitrogen and oxygen atoms in total. The maximum absolute atomic E-state index is 12.3. The van der Waals surface area contributed by atoms with Crippen LogP contribution in [0, 0.1) is 10.1 Å². The summed E-state index contributed by atoms with van der Waals surface area (Å²) in [4.78, 5) is 35.6. The molecule has 1 aliphatic rings. The van der Waals surface area contributed by atoms with E-state index in [0.717, 1.165) is 33.4 Å². The number of hydrogen-bond acceptors (Lipinski definition) is 5. The summed E-state index contributed by atoms with van der Waals surface area (Å²) in [5.41, 5.74) is 4.99. The topological polar surface area (TPSA) is 86.5 Å². The third kappa shape index (κ3) is 4.45. The van der Waals surface area contributed by atoms with E-state index in [1.54, 1.807) is 30.3 Å². The Morgan fingerprint density at radius 3 is 1.79 bits per heavy atom. The minimum absolute atomic E-state index is 0.131. The molecule has 0 atom stereocenters. The van der Waals surface area contributed by atoms with Crippen molar-refractivity contribution in [2.45, 2.75) is 12.0 Å². The Morgan fingerprint density at radius 1 is 0.690 bits per heavy atom. The van der Waals surface area contributed by atoms with Gasteiger partial charge in [-0.15, -0.1) is 0 Å². The fourth-order valence-electron chi connectivity index (χ4n) is 5.84. The molecule has 0 aliphatic heterocycles. The van der Waals surface area contributed by atoms with Crippen molar-refractivity contribution in [3.63, 3.8) is 0 Å². The summed E-state index contributed by atoms with van der Waals surface area (Å²) in [6.07, 6.45) is 0. The summed E-state index contributed by atoms with van der Waals surface area (Å²) in [7, 11) is 0. The third-order valence-corrected chi connectivity index (χ3v) is 8.09. The van der Waals surface area contributed by atoms with E-state index in [2.05, 4.69) is 0 Å². The van der Waals surface area contributed by atoms with E-state index in [-0.39, 0.29) is 18.0 Å². The fraction of sp³-hybridized carbons (Fsp3) is 0.0588. The normalized spacial score (nSPS) is 12.7. The van der Waals surface area contributed by atoms with E-state index in [1.807, 2.05) is 78.9 Å². The van der Waals surface area contributed by atoms with Gasteiger partial charge in [0.25, 0.3) is 10.5 Å². The molecule has 6 rings (SSSR count). The number of halogens is 2. The van der Waals surface area contributed by atoms with Gasteiger partial charge in [-0.05, 0) is 86.9 Å². The summed E-state index contributed by atoms with van der Waals surface area (Å²) < 4.78 is 6.28. The first-order valence-corrected chi connectivity index (χ1v) is 13.8. The number of rotatable bonds is 8. The van der Waals surface area contributed by atoms with Crippen LogP contribution in [-0.4, -0.2) is 15.4 Å². The average molecular weight is 594 g/mol. The lowest BCUT2D eigenvalue weighted by Crippen LogP contribution is -2.28. The van der Waals surface area contributed by atoms with Crippen molar-refractivity contribution in [2.24, 2.45) is 0 Å². The molecule has 0 amide bonds. The van der Waals surface area contributed by atoms with Gasteiger partial charge in [0.2, 0.25) is 5.75 Å². The van der Waals surface area contributed by atoms with Crippen molar-refractivity contribution in [1.82, 2.24) is 0 Å². The van der Waals surface area contributed by atoms with Gasteiger partial charge in [0, 0.05) is 22.8 Å². The van der Waals surface area contributed by atoms with E-state index in [0.29, 0.717) is 16.7 Å². The second kappa shape index (κ2) is 10.9. The molecule has 5 aromatic rings. The first kappa shape index (κ1) is 27.4. The van der Waals surface area contributed by atoms with Gasteiger partial charge < -0.3 is 4.74 Å². The average Bonchev–Trinajstić information content (AvgIpc) is 3.31. The summed E-state index contributed by atoms with van der Waals surface area (Å²) in [6.45, 7) is 0.131. The summed E-state index contributed by atoms with van der Waals surface area (Å²) in [5.74, 6) is 0.163. The zero-order valence-corrected chi connectivity index (χ0v) is 23.4. The fourth-order valence-corrected chi connectivity index (χ4v) is 6.09. The van der Waals surface area contributed by atoms with Crippen molar-refractivity contribution < 1.29 is 19.2 Å². The zero-order valence-electron chi connectivity index (χ0n) is 21.9. The largest absolute Gasteiger partial charge is 0.482 e. The number of hydrogen-bond donors (Lipinski definition) is 0. The molecule has 0 saturated heterocycles. The molecule has 0 unspecified atom stereocenters. The Hall–Kier alpha value is -4.78. The Morgan fingerprint density at radius 2 is 1.24 bits per heavy atom. The second-order valence-electron chi connectivity index (χ2n) is 9.87. The van der Waals surface area contributed by atoms with Crippen LogP contribution in [0.4, 0.5) is 5.69 Å². The SMILES string of the molecule is O=C(Cl)c1ccc(C2(c3ccc(C(=O)Cl)cc3)c3ccccc3-c3c2ccc([N+](=O)[O-])c3OCc2ccccc2)cc1. The minimum atomic E-state index is -0.978. The van der Waals surface area contributed by atoms with Crippen molar-refractivity contribution in [3.05, 3.63) is 164 Å². The van der Waals surface area contributed by atoms with Crippen molar-refractivity contribution in [1.29, 1.82) is 0 Å². The molecule has 8 heteroatoms. The lowest BCUT2D eigenvalue weighted by atomic mass is 9.67. The molecule has 0 saturated carbocycles. The lowest BCUT2D eigenvalue weighted by Gasteiger charge is -2.34. The molecule has 0 aromatic heterocycles. The maximum atomic E-state index is 12.3. The van der Waals surface area contributed by atoms with Gasteiger partial charge in [0.05, 0.1) is 10.3 Å². The Bertz CT molecular complexity index is 1790. The summed E-state index contributed by atoms with van der Waals surface area (Å²) >= 11 is 11.5. The number of ether oxygens (including phenoxy) is 1. The van der Waals surface area contributed by atoms with Crippen molar-refractivity contribution in [3.8, 4) is 16.9 Å². The van der Waals surface area contributed by atoms with Gasteiger partial charge in [-0.2, -0.15) is 0 Å². The Kier molecular flexibility index (Phi) is 7.11. The van der Waals surface area contributed by atoms with Crippen molar-refractivity contribution in [2.75, 3.05) is 0 Å². The number of nitrogens with zero attached hydrogens (tertiary/aromatic N) is 1. The quantitative estimate of drug-likeness (QED) is 0.101. The standard InChI is InChI=1S/C34H21Cl2NO5/c35-32(38)22-10-14-24(15-11-22)34(25-16-12-23(13-17-25)33(36)39)27-9-5-4-8-26(27)30-28(34)18-19-29(37(40)41)31(30)42-20-21-6-2-1-3-7-21/h1-19H,20H2. The highest BCUT2D eigenvalue weighted by atomic mass is 35.5. The van der Waals surface area contributed by atoms with Gasteiger partial charge in [0.15, 0.2) is 0 Å². The van der Waals surface area contributed by atoms with E-state index in [4.69, 9.17) is 27.9 Å². The molecule has 206 valence electrons. The van der Waals surface area contributed by atoms with E-state index >= 15 is 0 Å². The number of benzene rings is 5. The second-order valence-corrected chi connectivity index (χ2v) is 10.6. The van der Waals surface area contributed by atoms with E-state index in [9.17, 15) is 19.7 Å². The number of carbonyl (C=O) groups is 2. The maximum Gasteiger partial charge on any atom is 0.311 e. The van der Waals surface area contributed by atoms with Crippen LogP contribution in [0.25, 0.3) is 11.1 Å². The van der Waals surface area contributed by atoms with Crippen LogP contribution in [0.5, 0.6) is 5.75 Å². The number of nitro benzene ring substituents is 1. The Labute approximate surface area is 251 Å². The van der Waals surface area contributed by atoms with Crippen LogP contribution < -0.4 is 4.74 Å². The predicted molar refractivity (Wildman–Crippen MR) is 162 cm³/mol. The van der Waals surface area contributed by atoms with Crippen LogP contribution in [0.15, 0.2) is 115 Å². The molecule has 0 N–H and O–H groups in total. The zero-order chi connectivity index (χ0) is 29.4. The molecule has 42 heavy (non-hydrogen) atoms. The van der Waals surface area contributed by atoms with E-state index < -0.39 is 20.8 Å². The lowest BCUT2D eigenvalue weighted by molar-refractivity contribution is -0.385. The third-order valence-electron chi connectivity index (χ3n) is 7.65. The molecule has 5 aromatic carbocycles. The van der Waals surface area contributed by atoms with E-state index in [1.165, 1.54) is 6.07 Å². The first-order valence-electron chi connectivity index (χ1n) is 13.0. The van der Waals surface area contributed by atoms with Gasteiger partial charge in [-0.3, -0.25) is 19.7 Å².